The molecular formula is C11H14N4O3. The van der Waals surface area contributed by atoms with Crippen LogP contribution in [0.5, 0.6) is 0 Å². The number of aldehydes is 1. The maximum absolute atomic E-state index is 11.1. The molecule has 2 unspecified atom stereocenters. The Balaban J connectivity index is 2.10. The summed E-state index contributed by atoms with van der Waals surface area (Å²) in [7, 11) is 0. The van der Waals surface area contributed by atoms with Gasteiger partial charge in [-0.1, -0.05) is 13.3 Å². The lowest BCUT2D eigenvalue weighted by Gasteiger charge is -2.14. The molecule has 0 N–H and O–H groups in total. The summed E-state index contributed by atoms with van der Waals surface area (Å²) in [6.07, 6.45) is 6.33. The van der Waals surface area contributed by atoms with Crippen LogP contribution in [-0.4, -0.2) is 27.0 Å². The van der Waals surface area contributed by atoms with Crippen molar-refractivity contribution >= 4 is 6.29 Å². The highest BCUT2D eigenvalue weighted by Crippen LogP contribution is 2.31. The molecule has 96 valence electrons. The molecule has 0 aromatic carbocycles. The molecule has 0 aliphatic heterocycles. The molecule has 0 amide bonds. The van der Waals surface area contributed by atoms with Crippen LogP contribution in [-0.2, 0) is 4.79 Å². The van der Waals surface area contributed by atoms with Gasteiger partial charge in [-0.15, -0.1) is 10.2 Å². The van der Waals surface area contributed by atoms with Gasteiger partial charge >= 0.3 is 0 Å². The van der Waals surface area contributed by atoms with E-state index < -0.39 is 0 Å². The predicted molar refractivity (Wildman–Crippen MR) is 59.7 cm³/mol. The van der Waals surface area contributed by atoms with E-state index in [1.807, 2.05) is 0 Å². The average molecular weight is 250 g/mol. The number of hydrogen-bond acceptors (Lipinski definition) is 7. The van der Waals surface area contributed by atoms with Gasteiger partial charge in [-0.2, -0.15) is 0 Å². The molecule has 0 radical (unpaired) electrons. The molecule has 2 atom stereocenters. The molecule has 0 bridgehead atoms. The normalized spacial score (nSPS) is 14.3. The van der Waals surface area contributed by atoms with Crippen molar-refractivity contribution in [2.75, 3.05) is 0 Å². The third-order valence-electron chi connectivity index (χ3n) is 2.86. The summed E-state index contributed by atoms with van der Waals surface area (Å²) in [4.78, 5) is 11.1. The van der Waals surface area contributed by atoms with Crippen molar-refractivity contribution in [2.45, 2.75) is 38.0 Å². The van der Waals surface area contributed by atoms with Gasteiger partial charge in [0.1, 0.15) is 6.29 Å². The molecule has 0 spiro atoms. The van der Waals surface area contributed by atoms with Crippen LogP contribution < -0.4 is 0 Å². The lowest BCUT2D eigenvalue weighted by atomic mass is 9.89. The molecule has 0 saturated heterocycles. The zero-order valence-corrected chi connectivity index (χ0v) is 10.0. The van der Waals surface area contributed by atoms with Gasteiger partial charge in [-0.3, -0.25) is 0 Å². The number of rotatable bonds is 7. The summed E-state index contributed by atoms with van der Waals surface area (Å²) in [6.45, 7) is 2.07. The minimum Gasteiger partial charge on any atom is -0.342 e. The van der Waals surface area contributed by atoms with Gasteiger partial charge in [-0.05, 0) is 12.8 Å². The Hall–Kier alpha value is -2.05. The summed E-state index contributed by atoms with van der Waals surface area (Å²) in [5, 5.41) is 14.1. The van der Waals surface area contributed by atoms with Crippen molar-refractivity contribution in [2.24, 2.45) is 0 Å². The fraction of sp³-hybridized carbons (Fsp3) is 0.545. The SMILES string of the molecule is CCCC(CC(C=O)c1cnno1)c1cnno1. The molecule has 2 aromatic heterocycles. The molecule has 2 heterocycles. The molecule has 0 fully saturated rings. The zero-order valence-electron chi connectivity index (χ0n) is 10.0. The van der Waals surface area contributed by atoms with Gasteiger partial charge < -0.3 is 13.8 Å². The molecule has 2 rings (SSSR count). The minimum absolute atomic E-state index is 0.0882. The van der Waals surface area contributed by atoms with E-state index in [9.17, 15) is 4.79 Å². The first-order chi connectivity index (χ1) is 8.85. The van der Waals surface area contributed by atoms with Crippen molar-refractivity contribution in [1.29, 1.82) is 0 Å². The molecule has 7 heteroatoms. The van der Waals surface area contributed by atoms with E-state index in [1.165, 1.54) is 6.20 Å². The van der Waals surface area contributed by atoms with Crippen molar-refractivity contribution in [3.8, 4) is 0 Å². The first-order valence-electron chi connectivity index (χ1n) is 5.85. The van der Waals surface area contributed by atoms with Crippen LogP contribution in [0, 0.1) is 0 Å². The molecule has 0 aliphatic rings. The highest BCUT2D eigenvalue weighted by Gasteiger charge is 2.24. The van der Waals surface area contributed by atoms with Gasteiger partial charge in [0, 0.05) is 16.5 Å². The van der Waals surface area contributed by atoms with Crippen LogP contribution in [0.1, 0.15) is 49.5 Å². The average Bonchev–Trinajstić information content (AvgIpc) is 3.06. The van der Waals surface area contributed by atoms with E-state index >= 15 is 0 Å². The van der Waals surface area contributed by atoms with E-state index in [1.54, 1.807) is 6.20 Å². The highest BCUT2D eigenvalue weighted by molar-refractivity contribution is 5.60. The molecule has 2 aromatic rings. The van der Waals surface area contributed by atoms with Crippen molar-refractivity contribution in [3.63, 3.8) is 0 Å². The second-order valence-corrected chi connectivity index (χ2v) is 4.10. The number of carbonyl (C=O) groups excluding carboxylic acids is 1. The standard InChI is InChI=1S/C11H14N4O3/c1-2-3-8(10-5-12-14-17-10)4-9(7-16)11-6-13-15-18-11/h5-9H,2-4H2,1H3. The second-order valence-electron chi connectivity index (χ2n) is 4.10. The molecule has 0 saturated carbocycles. The van der Waals surface area contributed by atoms with Crippen molar-refractivity contribution in [3.05, 3.63) is 23.9 Å². The van der Waals surface area contributed by atoms with Gasteiger partial charge in [-0.25, -0.2) is 0 Å². The van der Waals surface area contributed by atoms with Gasteiger partial charge in [0.25, 0.3) is 0 Å². The van der Waals surface area contributed by atoms with Crippen LogP contribution in [0.4, 0.5) is 0 Å². The Morgan fingerprint density at radius 1 is 1.22 bits per heavy atom. The first-order valence-corrected chi connectivity index (χ1v) is 5.85. The Morgan fingerprint density at radius 2 is 1.89 bits per heavy atom. The topological polar surface area (TPSA) is 94.9 Å². The maximum atomic E-state index is 11.1. The molecule has 0 aliphatic carbocycles. The number of carbonyl (C=O) groups is 1. The molecular weight excluding hydrogens is 236 g/mol. The Kier molecular flexibility index (Phi) is 4.16. The van der Waals surface area contributed by atoms with E-state index in [0.29, 0.717) is 17.9 Å². The van der Waals surface area contributed by atoms with Crippen LogP contribution in [0.3, 0.4) is 0 Å². The first kappa shape index (κ1) is 12.4. The third-order valence-corrected chi connectivity index (χ3v) is 2.86. The summed E-state index contributed by atoms with van der Waals surface area (Å²) >= 11 is 0. The summed E-state index contributed by atoms with van der Waals surface area (Å²) in [6, 6.07) is 0. The fourth-order valence-electron chi connectivity index (χ4n) is 1.96. The van der Waals surface area contributed by atoms with Gasteiger partial charge in [0.2, 0.25) is 0 Å². The number of nitrogens with zero attached hydrogens (tertiary/aromatic N) is 4. The zero-order chi connectivity index (χ0) is 12.8. The summed E-state index contributed by atoms with van der Waals surface area (Å²) in [5.74, 6) is 0.877. The number of aromatic nitrogens is 4. The second kappa shape index (κ2) is 6.04. The maximum Gasteiger partial charge on any atom is 0.167 e. The van der Waals surface area contributed by atoms with Crippen LogP contribution in [0.15, 0.2) is 21.4 Å². The van der Waals surface area contributed by atoms with Crippen LogP contribution in [0.25, 0.3) is 0 Å². The van der Waals surface area contributed by atoms with Crippen LogP contribution in [0.2, 0.25) is 0 Å². The monoisotopic (exact) mass is 250 g/mol. The summed E-state index contributed by atoms with van der Waals surface area (Å²) in [5.41, 5.74) is 0. The Bertz CT molecular complexity index is 455. The Labute approximate surface area is 104 Å². The molecule has 7 nitrogen and oxygen atoms in total. The quantitative estimate of drug-likeness (QED) is 0.690. The highest BCUT2D eigenvalue weighted by atomic mass is 16.5. The number of hydrogen-bond donors (Lipinski definition) is 0. The smallest absolute Gasteiger partial charge is 0.167 e. The largest absolute Gasteiger partial charge is 0.342 e. The lowest BCUT2D eigenvalue weighted by Crippen LogP contribution is -2.07. The van der Waals surface area contributed by atoms with Crippen molar-refractivity contribution < 1.29 is 13.8 Å². The third kappa shape index (κ3) is 2.79. The van der Waals surface area contributed by atoms with Gasteiger partial charge in [0.05, 0.1) is 18.3 Å². The van der Waals surface area contributed by atoms with E-state index in [2.05, 4.69) is 27.7 Å². The van der Waals surface area contributed by atoms with E-state index in [0.717, 1.165) is 19.1 Å². The van der Waals surface area contributed by atoms with E-state index in [-0.39, 0.29) is 11.8 Å². The minimum atomic E-state index is -0.373. The predicted octanol–water partition coefficient (Wildman–Crippen LogP) is 1.71. The van der Waals surface area contributed by atoms with E-state index in [4.69, 9.17) is 9.05 Å². The lowest BCUT2D eigenvalue weighted by molar-refractivity contribution is -0.109. The molecule has 18 heavy (non-hydrogen) atoms. The fourth-order valence-corrected chi connectivity index (χ4v) is 1.96. The summed E-state index contributed by atoms with van der Waals surface area (Å²) < 4.78 is 10.0. The van der Waals surface area contributed by atoms with Crippen molar-refractivity contribution in [1.82, 2.24) is 20.7 Å². The van der Waals surface area contributed by atoms with Crippen LogP contribution >= 0.6 is 0 Å². The van der Waals surface area contributed by atoms with Gasteiger partial charge in [0.15, 0.2) is 11.5 Å². The Morgan fingerprint density at radius 3 is 2.39 bits per heavy atom.